The highest BCUT2D eigenvalue weighted by atomic mass is 35.5. The van der Waals surface area contributed by atoms with Crippen molar-refractivity contribution in [3.63, 3.8) is 0 Å². The second-order valence-corrected chi connectivity index (χ2v) is 4.97. The van der Waals surface area contributed by atoms with E-state index in [4.69, 9.17) is 17.3 Å². The van der Waals surface area contributed by atoms with Crippen LogP contribution in [-0.2, 0) is 6.42 Å². The molecule has 1 aromatic heterocycles. The van der Waals surface area contributed by atoms with Crippen molar-refractivity contribution in [3.05, 3.63) is 50.7 Å². The Morgan fingerprint density at radius 2 is 2.28 bits per heavy atom. The van der Waals surface area contributed by atoms with Crippen LogP contribution in [0.2, 0.25) is 5.02 Å². The lowest BCUT2D eigenvalue weighted by Crippen LogP contribution is -2.05. The summed E-state index contributed by atoms with van der Waals surface area (Å²) in [5.41, 5.74) is 5.81. The van der Waals surface area contributed by atoms with E-state index in [1.54, 1.807) is 5.38 Å². The van der Waals surface area contributed by atoms with E-state index in [2.05, 4.69) is 4.98 Å². The third kappa shape index (κ3) is 2.75. The third-order valence-electron chi connectivity index (χ3n) is 2.32. The molecule has 6 heteroatoms. The highest BCUT2D eigenvalue weighted by Gasteiger charge is 2.16. The summed E-state index contributed by atoms with van der Waals surface area (Å²) in [5.74, 6) is -0.876. The first-order chi connectivity index (χ1) is 8.61. The van der Waals surface area contributed by atoms with E-state index in [0.717, 1.165) is 11.1 Å². The third-order valence-corrected chi connectivity index (χ3v) is 3.55. The molecule has 2 rings (SSSR count). The van der Waals surface area contributed by atoms with Crippen LogP contribution in [0.4, 0.5) is 4.39 Å². The molecule has 18 heavy (non-hydrogen) atoms. The molecule has 0 fully saturated rings. The van der Waals surface area contributed by atoms with E-state index in [0.29, 0.717) is 13.0 Å². The zero-order valence-electron chi connectivity index (χ0n) is 9.32. The molecule has 94 valence electrons. The molecule has 0 bridgehead atoms. The molecule has 1 heterocycles. The van der Waals surface area contributed by atoms with Crippen LogP contribution >= 0.6 is 22.9 Å². The van der Waals surface area contributed by atoms with Gasteiger partial charge in [-0.15, -0.1) is 11.3 Å². The molecule has 0 spiro atoms. The van der Waals surface area contributed by atoms with Gasteiger partial charge in [-0.25, -0.2) is 9.37 Å². The Bertz CT molecular complexity index is 585. The predicted octanol–water partition coefficient (Wildman–Crippen LogP) is 2.67. The summed E-state index contributed by atoms with van der Waals surface area (Å²) in [5, 5.41) is 2.64. The molecule has 2 aromatic rings. The molecule has 3 nitrogen and oxygen atoms in total. The highest BCUT2D eigenvalue weighted by molar-refractivity contribution is 7.09. The average molecular weight is 285 g/mol. The quantitative estimate of drug-likeness (QED) is 0.878. The van der Waals surface area contributed by atoms with Crippen molar-refractivity contribution in [2.24, 2.45) is 5.73 Å². The number of nitrogens with two attached hydrogens (primary N) is 1. The number of carbonyl (C=O) groups is 1. The minimum atomic E-state index is -0.500. The van der Waals surface area contributed by atoms with Gasteiger partial charge >= 0.3 is 0 Å². The van der Waals surface area contributed by atoms with Crippen molar-refractivity contribution in [3.8, 4) is 0 Å². The predicted molar refractivity (Wildman–Crippen MR) is 69.7 cm³/mol. The summed E-state index contributed by atoms with van der Waals surface area (Å²) in [4.78, 5) is 16.3. The average Bonchev–Trinajstić information content (AvgIpc) is 2.80. The number of nitrogens with zero attached hydrogens (tertiary/aromatic N) is 1. The molecule has 0 unspecified atom stereocenters. The summed E-state index contributed by atoms with van der Waals surface area (Å²) >= 11 is 7.24. The minimum absolute atomic E-state index is 0.126. The molecule has 0 aliphatic rings. The second kappa shape index (κ2) is 5.56. The number of halogens is 2. The summed E-state index contributed by atoms with van der Waals surface area (Å²) in [6, 6.07) is 3.68. The fourth-order valence-electron chi connectivity index (χ4n) is 1.46. The van der Waals surface area contributed by atoms with Gasteiger partial charge < -0.3 is 5.73 Å². The summed E-state index contributed by atoms with van der Waals surface area (Å²) < 4.78 is 13.1. The molecule has 0 atom stereocenters. The zero-order chi connectivity index (χ0) is 13.1. The van der Waals surface area contributed by atoms with E-state index >= 15 is 0 Å². The van der Waals surface area contributed by atoms with Gasteiger partial charge in [-0.3, -0.25) is 4.79 Å². The van der Waals surface area contributed by atoms with Crippen molar-refractivity contribution in [2.45, 2.75) is 6.42 Å². The number of ketones is 1. The Kier molecular flexibility index (Phi) is 4.06. The normalized spacial score (nSPS) is 10.6. The van der Waals surface area contributed by atoms with E-state index < -0.39 is 5.82 Å². The van der Waals surface area contributed by atoms with Gasteiger partial charge in [-0.1, -0.05) is 11.6 Å². The summed E-state index contributed by atoms with van der Waals surface area (Å²) in [6.07, 6.45) is 0.620. The number of carbonyl (C=O) groups excluding carboxylic acids is 1. The first-order valence-corrected chi connectivity index (χ1v) is 6.52. The van der Waals surface area contributed by atoms with Crippen LogP contribution in [0.3, 0.4) is 0 Å². The zero-order valence-corrected chi connectivity index (χ0v) is 10.9. The van der Waals surface area contributed by atoms with Crippen LogP contribution in [0.15, 0.2) is 23.6 Å². The van der Waals surface area contributed by atoms with Gasteiger partial charge in [0.05, 0.1) is 10.0 Å². The fourth-order valence-corrected chi connectivity index (χ4v) is 2.46. The lowest BCUT2D eigenvalue weighted by atomic mass is 10.1. The van der Waals surface area contributed by atoms with Crippen LogP contribution in [0.1, 0.15) is 21.1 Å². The monoisotopic (exact) mass is 284 g/mol. The smallest absolute Gasteiger partial charge is 0.213 e. The first-order valence-electron chi connectivity index (χ1n) is 5.26. The number of rotatable bonds is 4. The van der Waals surface area contributed by atoms with Crippen LogP contribution in [0.25, 0.3) is 0 Å². The number of hydrogen-bond acceptors (Lipinski definition) is 4. The van der Waals surface area contributed by atoms with Crippen LogP contribution in [-0.4, -0.2) is 17.3 Å². The number of benzene rings is 1. The molecule has 0 aliphatic carbocycles. The van der Waals surface area contributed by atoms with Gasteiger partial charge in [0.1, 0.15) is 11.5 Å². The SMILES string of the molecule is NCCc1nc(C(=O)c2cc(F)ccc2Cl)cs1. The lowest BCUT2D eigenvalue weighted by Gasteiger charge is -2.01. The second-order valence-electron chi connectivity index (χ2n) is 3.62. The molecule has 0 aliphatic heterocycles. The van der Waals surface area contributed by atoms with Gasteiger partial charge in [-0.05, 0) is 24.7 Å². The standard InChI is InChI=1S/C12H10ClFN2OS/c13-9-2-1-7(14)5-8(9)12(17)10-6-18-11(16-10)3-4-15/h1-2,5-6H,3-4,15H2. The molecular weight excluding hydrogens is 275 g/mol. The summed E-state index contributed by atoms with van der Waals surface area (Å²) in [7, 11) is 0. The maximum atomic E-state index is 13.1. The Morgan fingerprint density at radius 3 is 3.00 bits per heavy atom. The van der Waals surface area contributed by atoms with Crippen LogP contribution in [0.5, 0.6) is 0 Å². The van der Waals surface area contributed by atoms with Gasteiger partial charge in [0.25, 0.3) is 0 Å². The molecule has 0 saturated heterocycles. The van der Waals surface area contributed by atoms with Crippen molar-refractivity contribution >= 4 is 28.7 Å². The van der Waals surface area contributed by atoms with Gasteiger partial charge in [0.15, 0.2) is 0 Å². The van der Waals surface area contributed by atoms with E-state index in [1.807, 2.05) is 0 Å². The van der Waals surface area contributed by atoms with E-state index in [-0.39, 0.29) is 22.1 Å². The minimum Gasteiger partial charge on any atom is -0.330 e. The maximum absolute atomic E-state index is 13.1. The van der Waals surface area contributed by atoms with Crippen LogP contribution in [0, 0.1) is 5.82 Å². The highest BCUT2D eigenvalue weighted by Crippen LogP contribution is 2.21. The van der Waals surface area contributed by atoms with Crippen molar-refractivity contribution in [1.82, 2.24) is 4.98 Å². The largest absolute Gasteiger partial charge is 0.330 e. The van der Waals surface area contributed by atoms with Crippen LogP contribution < -0.4 is 5.73 Å². The Balaban J connectivity index is 2.32. The summed E-state index contributed by atoms with van der Waals surface area (Å²) in [6.45, 7) is 0.474. The Hall–Kier alpha value is -1.30. The van der Waals surface area contributed by atoms with Crippen molar-refractivity contribution in [2.75, 3.05) is 6.54 Å². The molecule has 1 aromatic carbocycles. The number of thiazole rings is 1. The Morgan fingerprint density at radius 1 is 1.50 bits per heavy atom. The van der Waals surface area contributed by atoms with Gasteiger partial charge in [-0.2, -0.15) is 0 Å². The lowest BCUT2D eigenvalue weighted by molar-refractivity contribution is 0.103. The van der Waals surface area contributed by atoms with Crippen molar-refractivity contribution < 1.29 is 9.18 Å². The number of aromatic nitrogens is 1. The Labute approximate surface area is 112 Å². The molecule has 0 radical (unpaired) electrons. The van der Waals surface area contributed by atoms with Crippen molar-refractivity contribution in [1.29, 1.82) is 0 Å². The fraction of sp³-hybridized carbons (Fsp3) is 0.167. The van der Waals surface area contributed by atoms with E-state index in [1.165, 1.54) is 23.5 Å². The number of hydrogen-bond donors (Lipinski definition) is 1. The van der Waals surface area contributed by atoms with E-state index in [9.17, 15) is 9.18 Å². The molecule has 0 saturated carbocycles. The molecule has 2 N–H and O–H groups in total. The maximum Gasteiger partial charge on any atom is 0.213 e. The molecular formula is C12H10ClFN2OS. The van der Waals surface area contributed by atoms with Gasteiger partial charge in [0.2, 0.25) is 5.78 Å². The first kappa shape index (κ1) is 13.1. The topological polar surface area (TPSA) is 56.0 Å². The molecule has 0 amide bonds. The van der Waals surface area contributed by atoms with Gasteiger partial charge in [0, 0.05) is 17.4 Å².